The molecule has 0 bridgehead atoms. The van der Waals surface area contributed by atoms with E-state index in [4.69, 9.17) is 4.79 Å². The summed E-state index contributed by atoms with van der Waals surface area (Å²) in [6.45, 7) is 4.77. The molecule has 2 rings (SSSR count). The summed E-state index contributed by atoms with van der Waals surface area (Å²) in [7, 11) is 0. The van der Waals surface area contributed by atoms with Crippen LogP contribution in [-0.2, 0) is 11.3 Å². The largest absolute Gasteiger partial charge is 0.381 e. The number of carbonyl (C=O) groups is 1. The lowest BCUT2D eigenvalue weighted by atomic mass is 10.2. The first kappa shape index (κ1) is 13.9. The topological polar surface area (TPSA) is 29.1 Å². The second-order valence-electron chi connectivity index (χ2n) is 3.85. The van der Waals surface area contributed by atoms with E-state index >= 15 is 0 Å². The minimum atomic E-state index is -0.195. The van der Waals surface area contributed by atoms with E-state index < -0.39 is 0 Å². The Morgan fingerprint density at radius 1 is 1.00 bits per heavy atom. The fourth-order valence-corrected chi connectivity index (χ4v) is 1.48. The summed E-state index contributed by atoms with van der Waals surface area (Å²) in [6, 6.07) is 14.7. The van der Waals surface area contributed by atoms with Crippen LogP contribution >= 0.6 is 0 Å². The minimum absolute atomic E-state index is 0.195. The van der Waals surface area contributed by atoms with Gasteiger partial charge in [-0.05, 0) is 36.8 Å². The predicted molar refractivity (Wildman–Crippen MR) is 72.0 cm³/mol. The van der Waals surface area contributed by atoms with E-state index in [2.05, 4.69) is 24.4 Å². The normalized spacial score (nSPS) is 9.22. The zero-order valence-corrected chi connectivity index (χ0v) is 10.3. The Kier molecular flexibility index (Phi) is 5.58. The van der Waals surface area contributed by atoms with Gasteiger partial charge in [-0.25, -0.2) is 4.39 Å². The van der Waals surface area contributed by atoms with Crippen LogP contribution < -0.4 is 5.32 Å². The molecule has 0 aliphatic rings. The van der Waals surface area contributed by atoms with Crippen molar-refractivity contribution in [3.05, 3.63) is 65.5 Å². The summed E-state index contributed by atoms with van der Waals surface area (Å²) >= 11 is 0. The van der Waals surface area contributed by atoms with Crippen molar-refractivity contribution in [3.8, 4) is 0 Å². The minimum Gasteiger partial charge on any atom is -0.381 e. The van der Waals surface area contributed by atoms with E-state index in [1.54, 1.807) is 12.1 Å². The molecule has 94 valence electrons. The SMILES string of the molecule is C=O.Cc1ccc(NCc2ccc(F)cc2)cc1. The second-order valence-corrected chi connectivity index (χ2v) is 3.85. The molecule has 0 unspecified atom stereocenters. The molecule has 0 atom stereocenters. The third kappa shape index (κ3) is 4.37. The van der Waals surface area contributed by atoms with Gasteiger partial charge in [0.15, 0.2) is 0 Å². The van der Waals surface area contributed by atoms with Gasteiger partial charge in [-0.1, -0.05) is 29.8 Å². The van der Waals surface area contributed by atoms with E-state index in [1.165, 1.54) is 17.7 Å². The lowest BCUT2D eigenvalue weighted by Gasteiger charge is -2.06. The number of carbonyl (C=O) groups excluding carboxylic acids is 1. The Morgan fingerprint density at radius 2 is 1.56 bits per heavy atom. The van der Waals surface area contributed by atoms with Gasteiger partial charge < -0.3 is 10.1 Å². The summed E-state index contributed by atoms with van der Waals surface area (Å²) in [5.41, 5.74) is 3.39. The summed E-state index contributed by atoms with van der Waals surface area (Å²) in [5.74, 6) is -0.195. The van der Waals surface area contributed by atoms with Crippen LogP contribution in [0.4, 0.5) is 10.1 Å². The number of halogens is 1. The van der Waals surface area contributed by atoms with Crippen LogP contribution in [0.15, 0.2) is 48.5 Å². The van der Waals surface area contributed by atoms with Gasteiger partial charge in [-0.3, -0.25) is 0 Å². The van der Waals surface area contributed by atoms with Crippen LogP contribution in [0, 0.1) is 12.7 Å². The van der Waals surface area contributed by atoms with E-state index in [-0.39, 0.29) is 5.82 Å². The first-order valence-corrected chi connectivity index (χ1v) is 5.58. The molecular formula is C15H16FNO. The molecule has 0 fully saturated rings. The highest BCUT2D eigenvalue weighted by atomic mass is 19.1. The maximum atomic E-state index is 12.7. The number of nitrogens with one attached hydrogen (secondary N) is 1. The van der Waals surface area contributed by atoms with Gasteiger partial charge in [0.25, 0.3) is 0 Å². The van der Waals surface area contributed by atoms with Crippen molar-refractivity contribution in [1.82, 2.24) is 0 Å². The number of anilines is 1. The van der Waals surface area contributed by atoms with Gasteiger partial charge in [0.1, 0.15) is 12.6 Å². The fraction of sp³-hybridized carbons (Fsp3) is 0.133. The van der Waals surface area contributed by atoms with E-state index in [1.807, 2.05) is 18.9 Å². The second kappa shape index (κ2) is 7.22. The summed E-state index contributed by atoms with van der Waals surface area (Å²) in [6.07, 6.45) is 0. The van der Waals surface area contributed by atoms with Gasteiger partial charge in [-0.15, -0.1) is 0 Å². The van der Waals surface area contributed by atoms with Crippen molar-refractivity contribution in [2.75, 3.05) is 5.32 Å². The highest BCUT2D eigenvalue weighted by Crippen LogP contribution is 2.11. The molecule has 0 aromatic heterocycles. The Balaban J connectivity index is 0.000000771. The number of benzene rings is 2. The van der Waals surface area contributed by atoms with Crippen LogP contribution in [0.3, 0.4) is 0 Å². The molecule has 0 saturated carbocycles. The van der Waals surface area contributed by atoms with Crippen LogP contribution in [-0.4, -0.2) is 6.79 Å². The monoisotopic (exact) mass is 245 g/mol. The molecule has 0 amide bonds. The Labute approximate surface area is 106 Å². The zero-order chi connectivity index (χ0) is 13.4. The standard InChI is InChI=1S/C14H14FN.CH2O/c1-11-2-8-14(9-3-11)16-10-12-4-6-13(15)7-5-12;1-2/h2-9,16H,10H2,1H3;1H2. The summed E-state index contributed by atoms with van der Waals surface area (Å²) in [4.78, 5) is 8.00. The molecular weight excluding hydrogens is 229 g/mol. The van der Waals surface area contributed by atoms with E-state index in [0.29, 0.717) is 6.54 Å². The number of hydrogen-bond donors (Lipinski definition) is 1. The third-order valence-electron chi connectivity index (χ3n) is 2.46. The predicted octanol–water partition coefficient (Wildman–Crippen LogP) is 3.56. The Bertz CT molecular complexity index is 419. The van der Waals surface area contributed by atoms with Crippen LogP contribution in [0.2, 0.25) is 0 Å². The molecule has 0 saturated heterocycles. The van der Waals surface area contributed by atoms with E-state index in [0.717, 1.165) is 11.3 Å². The summed E-state index contributed by atoms with van der Waals surface area (Å²) < 4.78 is 12.7. The van der Waals surface area contributed by atoms with Crippen molar-refractivity contribution in [2.24, 2.45) is 0 Å². The lowest BCUT2D eigenvalue weighted by molar-refractivity contribution is -0.0979. The Morgan fingerprint density at radius 3 is 2.11 bits per heavy atom. The number of aryl methyl sites for hydroxylation is 1. The third-order valence-corrected chi connectivity index (χ3v) is 2.46. The van der Waals surface area contributed by atoms with E-state index in [9.17, 15) is 4.39 Å². The molecule has 2 aromatic carbocycles. The van der Waals surface area contributed by atoms with Gasteiger partial charge in [0, 0.05) is 12.2 Å². The molecule has 0 aliphatic heterocycles. The molecule has 0 aliphatic carbocycles. The molecule has 1 N–H and O–H groups in total. The first-order chi connectivity index (χ1) is 8.74. The van der Waals surface area contributed by atoms with Crippen molar-refractivity contribution in [1.29, 1.82) is 0 Å². The van der Waals surface area contributed by atoms with Crippen molar-refractivity contribution in [2.45, 2.75) is 13.5 Å². The van der Waals surface area contributed by atoms with Gasteiger partial charge in [0.2, 0.25) is 0 Å². The smallest absolute Gasteiger partial charge is 0.123 e. The molecule has 2 nitrogen and oxygen atoms in total. The number of rotatable bonds is 3. The van der Waals surface area contributed by atoms with Gasteiger partial charge >= 0.3 is 0 Å². The molecule has 3 heteroatoms. The maximum absolute atomic E-state index is 12.7. The highest BCUT2D eigenvalue weighted by molar-refractivity contribution is 5.44. The van der Waals surface area contributed by atoms with Crippen molar-refractivity contribution >= 4 is 12.5 Å². The molecule has 18 heavy (non-hydrogen) atoms. The van der Waals surface area contributed by atoms with Crippen LogP contribution in [0.25, 0.3) is 0 Å². The van der Waals surface area contributed by atoms with Crippen LogP contribution in [0.1, 0.15) is 11.1 Å². The fourth-order valence-electron chi connectivity index (χ4n) is 1.48. The molecule has 0 spiro atoms. The van der Waals surface area contributed by atoms with Crippen molar-refractivity contribution in [3.63, 3.8) is 0 Å². The zero-order valence-electron chi connectivity index (χ0n) is 10.3. The molecule has 0 radical (unpaired) electrons. The number of hydrogen-bond acceptors (Lipinski definition) is 2. The average molecular weight is 245 g/mol. The Hall–Kier alpha value is -2.16. The van der Waals surface area contributed by atoms with Crippen LogP contribution in [0.5, 0.6) is 0 Å². The maximum Gasteiger partial charge on any atom is 0.123 e. The first-order valence-electron chi connectivity index (χ1n) is 5.58. The van der Waals surface area contributed by atoms with Gasteiger partial charge in [0.05, 0.1) is 0 Å². The molecule has 0 heterocycles. The quantitative estimate of drug-likeness (QED) is 0.895. The summed E-state index contributed by atoms with van der Waals surface area (Å²) in [5, 5.41) is 3.29. The molecule has 2 aromatic rings. The lowest BCUT2D eigenvalue weighted by Crippen LogP contribution is -1.99. The highest BCUT2D eigenvalue weighted by Gasteiger charge is 1.94. The van der Waals surface area contributed by atoms with Gasteiger partial charge in [-0.2, -0.15) is 0 Å². The average Bonchev–Trinajstić information content (AvgIpc) is 2.42. The van der Waals surface area contributed by atoms with Crippen molar-refractivity contribution < 1.29 is 9.18 Å².